The topological polar surface area (TPSA) is 3.24 Å². The lowest BCUT2D eigenvalue weighted by atomic mass is 9.95. The van der Waals surface area contributed by atoms with Crippen molar-refractivity contribution in [3.8, 4) is 0 Å². The van der Waals surface area contributed by atoms with Gasteiger partial charge >= 0.3 is 0 Å². The maximum atomic E-state index is 2.42. The molecule has 0 N–H and O–H groups in total. The maximum Gasteiger partial charge on any atom is 0.0366 e. The van der Waals surface area contributed by atoms with Crippen LogP contribution in [0, 0.1) is 6.92 Å². The van der Waals surface area contributed by atoms with E-state index in [1.165, 1.54) is 30.5 Å². The van der Waals surface area contributed by atoms with Crippen LogP contribution in [0.5, 0.6) is 0 Å². The average Bonchev–Trinajstić information content (AvgIpc) is 2.30. The SMILES string of the molecule is CC1=CCC(N(C)c2ccc(C)cc2)CC1. The van der Waals surface area contributed by atoms with E-state index in [1.54, 1.807) is 5.57 Å². The van der Waals surface area contributed by atoms with Gasteiger partial charge in [0, 0.05) is 18.8 Å². The van der Waals surface area contributed by atoms with Crippen LogP contribution in [0.25, 0.3) is 0 Å². The summed E-state index contributed by atoms with van der Waals surface area (Å²) in [6.07, 6.45) is 6.11. The van der Waals surface area contributed by atoms with Crippen molar-refractivity contribution in [3.05, 3.63) is 41.5 Å². The molecule has 0 aromatic heterocycles. The second kappa shape index (κ2) is 4.73. The molecule has 0 heterocycles. The molecule has 1 heteroatoms. The van der Waals surface area contributed by atoms with Crippen LogP contribution in [-0.2, 0) is 0 Å². The van der Waals surface area contributed by atoms with Crippen molar-refractivity contribution in [2.45, 2.75) is 39.2 Å². The average molecular weight is 215 g/mol. The Morgan fingerprint density at radius 1 is 1.12 bits per heavy atom. The zero-order valence-electron chi connectivity index (χ0n) is 10.5. The van der Waals surface area contributed by atoms with E-state index in [9.17, 15) is 0 Å². The van der Waals surface area contributed by atoms with Crippen molar-refractivity contribution < 1.29 is 0 Å². The molecule has 0 radical (unpaired) electrons. The van der Waals surface area contributed by atoms with Gasteiger partial charge in [0.1, 0.15) is 0 Å². The molecule has 1 aliphatic carbocycles. The number of aryl methyl sites for hydroxylation is 1. The van der Waals surface area contributed by atoms with E-state index in [-0.39, 0.29) is 0 Å². The van der Waals surface area contributed by atoms with Gasteiger partial charge in [-0.2, -0.15) is 0 Å². The van der Waals surface area contributed by atoms with Gasteiger partial charge in [-0.15, -0.1) is 0 Å². The van der Waals surface area contributed by atoms with Gasteiger partial charge < -0.3 is 4.90 Å². The smallest absolute Gasteiger partial charge is 0.0366 e. The Morgan fingerprint density at radius 3 is 2.38 bits per heavy atom. The number of hydrogen-bond donors (Lipinski definition) is 0. The van der Waals surface area contributed by atoms with Crippen molar-refractivity contribution in [1.29, 1.82) is 0 Å². The largest absolute Gasteiger partial charge is 0.371 e. The molecule has 86 valence electrons. The van der Waals surface area contributed by atoms with E-state index >= 15 is 0 Å². The Morgan fingerprint density at radius 2 is 1.81 bits per heavy atom. The quantitative estimate of drug-likeness (QED) is 0.676. The van der Waals surface area contributed by atoms with Gasteiger partial charge in [-0.05, 0) is 45.2 Å². The molecule has 0 spiro atoms. The summed E-state index contributed by atoms with van der Waals surface area (Å²) in [6.45, 7) is 4.37. The summed E-state index contributed by atoms with van der Waals surface area (Å²) in [4.78, 5) is 2.42. The Balaban J connectivity index is 2.07. The fourth-order valence-electron chi connectivity index (χ4n) is 2.29. The summed E-state index contributed by atoms with van der Waals surface area (Å²) in [6, 6.07) is 9.50. The second-order valence-electron chi connectivity index (χ2n) is 4.93. The van der Waals surface area contributed by atoms with Crippen molar-refractivity contribution in [2.75, 3.05) is 11.9 Å². The van der Waals surface area contributed by atoms with E-state index in [0.29, 0.717) is 6.04 Å². The molecular weight excluding hydrogens is 194 g/mol. The molecule has 1 unspecified atom stereocenters. The van der Waals surface area contributed by atoms with Gasteiger partial charge in [-0.3, -0.25) is 0 Å². The van der Waals surface area contributed by atoms with Crippen molar-refractivity contribution >= 4 is 5.69 Å². The third kappa shape index (κ3) is 2.46. The minimum absolute atomic E-state index is 0.673. The molecule has 1 nitrogen and oxygen atoms in total. The van der Waals surface area contributed by atoms with Crippen LogP contribution in [0.3, 0.4) is 0 Å². The van der Waals surface area contributed by atoms with Crippen LogP contribution in [0.2, 0.25) is 0 Å². The molecule has 16 heavy (non-hydrogen) atoms. The fraction of sp³-hybridized carbons (Fsp3) is 0.467. The number of anilines is 1. The van der Waals surface area contributed by atoms with Crippen molar-refractivity contribution in [2.24, 2.45) is 0 Å². The zero-order chi connectivity index (χ0) is 11.5. The highest BCUT2D eigenvalue weighted by atomic mass is 15.1. The van der Waals surface area contributed by atoms with Gasteiger partial charge in [0.2, 0.25) is 0 Å². The number of allylic oxidation sites excluding steroid dienone is 1. The van der Waals surface area contributed by atoms with Crippen molar-refractivity contribution in [1.82, 2.24) is 0 Å². The van der Waals surface area contributed by atoms with Crippen molar-refractivity contribution in [3.63, 3.8) is 0 Å². The molecule has 2 rings (SSSR count). The van der Waals surface area contributed by atoms with Gasteiger partial charge in [0.05, 0.1) is 0 Å². The molecule has 1 aromatic carbocycles. The third-order valence-corrected chi connectivity index (χ3v) is 3.60. The van der Waals surface area contributed by atoms with Crippen LogP contribution in [0.1, 0.15) is 31.7 Å². The van der Waals surface area contributed by atoms with Crippen LogP contribution in [-0.4, -0.2) is 13.1 Å². The number of rotatable bonds is 2. The highest BCUT2D eigenvalue weighted by molar-refractivity contribution is 5.48. The minimum atomic E-state index is 0.673. The summed E-state index contributed by atoms with van der Waals surface area (Å²) in [5.41, 5.74) is 4.22. The zero-order valence-corrected chi connectivity index (χ0v) is 10.5. The standard InChI is InChI=1S/C15H21N/c1-12-4-8-14(9-5-12)16(3)15-10-6-13(2)7-11-15/h4-6,8-9,15H,7,10-11H2,1-3H3. The van der Waals surface area contributed by atoms with Gasteiger partial charge in [-0.1, -0.05) is 29.3 Å². The van der Waals surface area contributed by atoms with Crippen LogP contribution >= 0.6 is 0 Å². The first kappa shape index (κ1) is 11.3. The molecule has 1 aliphatic rings. The Hall–Kier alpha value is -1.24. The normalized spacial score (nSPS) is 20.4. The Kier molecular flexibility index (Phi) is 3.33. The first-order valence-corrected chi connectivity index (χ1v) is 6.12. The van der Waals surface area contributed by atoms with E-state index in [1.807, 2.05) is 0 Å². The summed E-state index contributed by atoms with van der Waals surface area (Å²) in [5.74, 6) is 0. The molecule has 1 atom stereocenters. The van der Waals surface area contributed by atoms with E-state index < -0.39 is 0 Å². The van der Waals surface area contributed by atoms with E-state index in [2.05, 4.69) is 56.1 Å². The predicted molar refractivity (Wildman–Crippen MR) is 71.0 cm³/mol. The number of benzene rings is 1. The first-order valence-electron chi connectivity index (χ1n) is 6.12. The lowest BCUT2D eigenvalue weighted by Crippen LogP contribution is -2.32. The number of hydrogen-bond acceptors (Lipinski definition) is 1. The third-order valence-electron chi connectivity index (χ3n) is 3.60. The van der Waals surface area contributed by atoms with Gasteiger partial charge in [-0.25, -0.2) is 0 Å². The molecule has 0 amide bonds. The summed E-state index contributed by atoms with van der Waals surface area (Å²) in [5, 5.41) is 0. The summed E-state index contributed by atoms with van der Waals surface area (Å²) in [7, 11) is 2.21. The Bertz CT molecular complexity index is 375. The molecule has 1 aromatic rings. The highest BCUT2D eigenvalue weighted by Gasteiger charge is 2.17. The fourth-order valence-corrected chi connectivity index (χ4v) is 2.29. The predicted octanol–water partition coefficient (Wildman–Crippen LogP) is 3.93. The van der Waals surface area contributed by atoms with Crippen LogP contribution in [0.4, 0.5) is 5.69 Å². The summed E-state index contributed by atoms with van der Waals surface area (Å²) >= 11 is 0. The molecular formula is C15H21N. The highest BCUT2D eigenvalue weighted by Crippen LogP contribution is 2.25. The second-order valence-corrected chi connectivity index (χ2v) is 4.93. The molecule has 0 fully saturated rings. The lowest BCUT2D eigenvalue weighted by molar-refractivity contribution is 0.560. The van der Waals surface area contributed by atoms with Gasteiger partial charge in [0.15, 0.2) is 0 Å². The van der Waals surface area contributed by atoms with E-state index in [4.69, 9.17) is 0 Å². The Labute approximate surface area is 98.8 Å². The molecule has 0 saturated heterocycles. The lowest BCUT2D eigenvalue weighted by Gasteiger charge is -2.32. The molecule has 0 aliphatic heterocycles. The monoisotopic (exact) mass is 215 g/mol. The summed E-state index contributed by atoms with van der Waals surface area (Å²) < 4.78 is 0. The van der Waals surface area contributed by atoms with Crippen LogP contribution in [0.15, 0.2) is 35.9 Å². The molecule has 0 saturated carbocycles. The van der Waals surface area contributed by atoms with Gasteiger partial charge in [0.25, 0.3) is 0 Å². The minimum Gasteiger partial charge on any atom is -0.371 e. The maximum absolute atomic E-state index is 2.42. The van der Waals surface area contributed by atoms with Crippen LogP contribution < -0.4 is 4.90 Å². The molecule has 0 bridgehead atoms. The number of nitrogens with zero attached hydrogens (tertiary/aromatic N) is 1. The first-order chi connectivity index (χ1) is 7.66. The van der Waals surface area contributed by atoms with E-state index in [0.717, 1.165) is 0 Å².